The molecule has 1 N–H and O–H groups in total. The van der Waals surface area contributed by atoms with Crippen molar-refractivity contribution < 1.29 is 9.47 Å². The summed E-state index contributed by atoms with van der Waals surface area (Å²) in [6.07, 6.45) is 1.05. The van der Waals surface area contributed by atoms with E-state index in [-0.39, 0.29) is 0 Å². The lowest BCUT2D eigenvalue weighted by Gasteiger charge is -2.24. The fraction of sp³-hybridized carbons (Fsp3) is 0.600. The van der Waals surface area contributed by atoms with Gasteiger partial charge in [0, 0.05) is 19.8 Å². The van der Waals surface area contributed by atoms with Crippen LogP contribution < -0.4 is 10.1 Å². The molecular weight excluding hydrogens is 226 g/mol. The van der Waals surface area contributed by atoms with Crippen LogP contribution in [0.5, 0.6) is 5.75 Å². The smallest absolute Gasteiger partial charge is 0.119 e. The van der Waals surface area contributed by atoms with E-state index in [0.29, 0.717) is 18.6 Å². The molecule has 102 valence electrons. The Kier molecular flexibility index (Phi) is 6.76. The molecule has 0 amide bonds. The first-order chi connectivity index (χ1) is 8.72. The Labute approximate surface area is 110 Å². The predicted molar refractivity (Wildman–Crippen MR) is 75.1 cm³/mol. The van der Waals surface area contributed by atoms with Gasteiger partial charge in [-0.2, -0.15) is 0 Å². The van der Waals surface area contributed by atoms with Gasteiger partial charge in [0.15, 0.2) is 0 Å². The summed E-state index contributed by atoms with van der Waals surface area (Å²) in [6.45, 7) is 5.75. The Balaban J connectivity index is 2.69. The molecule has 0 radical (unpaired) electrons. The number of rotatable bonds is 8. The van der Waals surface area contributed by atoms with Crippen LogP contribution in [0.3, 0.4) is 0 Å². The first kappa shape index (κ1) is 15.0. The van der Waals surface area contributed by atoms with Gasteiger partial charge in [0.2, 0.25) is 0 Å². The standard InChI is InChI=1S/C15H25NO2/c1-5-18-14-8-6-13(7-9-14)15(16-3)12(2)10-11-17-4/h6-9,12,15-16H,5,10-11H2,1-4H3. The zero-order chi connectivity index (χ0) is 13.4. The highest BCUT2D eigenvalue weighted by molar-refractivity contribution is 5.29. The van der Waals surface area contributed by atoms with Gasteiger partial charge in [0.1, 0.15) is 5.75 Å². The third-order valence-corrected chi connectivity index (χ3v) is 3.21. The van der Waals surface area contributed by atoms with Gasteiger partial charge in [0.05, 0.1) is 6.61 Å². The number of benzene rings is 1. The minimum absolute atomic E-state index is 0.357. The fourth-order valence-electron chi connectivity index (χ4n) is 2.19. The highest BCUT2D eigenvalue weighted by atomic mass is 16.5. The van der Waals surface area contributed by atoms with E-state index in [1.54, 1.807) is 7.11 Å². The molecule has 0 aliphatic carbocycles. The Morgan fingerprint density at radius 2 is 1.89 bits per heavy atom. The summed E-state index contributed by atoms with van der Waals surface area (Å²) >= 11 is 0. The van der Waals surface area contributed by atoms with E-state index < -0.39 is 0 Å². The van der Waals surface area contributed by atoms with Gasteiger partial charge in [-0.25, -0.2) is 0 Å². The summed E-state index contributed by atoms with van der Waals surface area (Å²) in [5, 5.41) is 3.38. The Morgan fingerprint density at radius 3 is 2.39 bits per heavy atom. The third-order valence-electron chi connectivity index (χ3n) is 3.21. The molecule has 0 aromatic heterocycles. The van der Waals surface area contributed by atoms with Gasteiger partial charge in [-0.3, -0.25) is 0 Å². The van der Waals surface area contributed by atoms with E-state index >= 15 is 0 Å². The quantitative estimate of drug-likeness (QED) is 0.770. The maximum Gasteiger partial charge on any atom is 0.119 e. The number of hydrogen-bond acceptors (Lipinski definition) is 3. The molecule has 3 nitrogen and oxygen atoms in total. The molecular formula is C15H25NO2. The zero-order valence-corrected chi connectivity index (χ0v) is 11.9. The molecule has 0 aliphatic heterocycles. The third kappa shape index (κ3) is 4.31. The van der Waals surface area contributed by atoms with Crippen LogP contribution in [0, 0.1) is 5.92 Å². The van der Waals surface area contributed by atoms with E-state index in [9.17, 15) is 0 Å². The molecule has 0 aliphatic rings. The Hall–Kier alpha value is -1.06. The molecule has 1 aromatic rings. The first-order valence-corrected chi connectivity index (χ1v) is 6.61. The van der Waals surface area contributed by atoms with Crippen molar-refractivity contribution in [3.8, 4) is 5.75 Å². The number of hydrogen-bond donors (Lipinski definition) is 1. The number of methoxy groups -OCH3 is 1. The lowest BCUT2D eigenvalue weighted by Crippen LogP contribution is -2.24. The lowest BCUT2D eigenvalue weighted by atomic mass is 9.92. The second-order valence-corrected chi connectivity index (χ2v) is 4.53. The van der Waals surface area contributed by atoms with Crippen LogP contribution in [-0.2, 0) is 4.74 Å². The second-order valence-electron chi connectivity index (χ2n) is 4.53. The number of nitrogens with one attached hydrogen (secondary N) is 1. The summed E-state index contributed by atoms with van der Waals surface area (Å²) in [7, 11) is 3.75. The van der Waals surface area contributed by atoms with Crippen LogP contribution in [0.15, 0.2) is 24.3 Å². The van der Waals surface area contributed by atoms with E-state index in [1.165, 1.54) is 5.56 Å². The monoisotopic (exact) mass is 251 g/mol. The predicted octanol–water partition coefficient (Wildman–Crippen LogP) is 3.02. The zero-order valence-electron chi connectivity index (χ0n) is 11.9. The van der Waals surface area contributed by atoms with Crippen LogP contribution in [0.25, 0.3) is 0 Å². The fourth-order valence-corrected chi connectivity index (χ4v) is 2.19. The van der Waals surface area contributed by atoms with Crippen LogP contribution in [0.4, 0.5) is 0 Å². The minimum Gasteiger partial charge on any atom is -0.494 e. The molecule has 0 fully saturated rings. The van der Waals surface area contributed by atoms with E-state index in [0.717, 1.165) is 18.8 Å². The van der Waals surface area contributed by atoms with Crippen LogP contribution in [0.1, 0.15) is 31.9 Å². The van der Waals surface area contributed by atoms with Crippen molar-refractivity contribution in [1.82, 2.24) is 5.32 Å². The van der Waals surface area contributed by atoms with Crippen molar-refractivity contribution in [2.45, 2.75) is 26.3 Å². The second kappa shape index (κ2) is 8.11. The SMILES string of the molecule is CCOc1ccc(C(NC)C(C)CCOC)cc1. The molecule has 0 spiro atoms. The van der Waals surface area contributed by atoms with Crippen molar-refractivity contribution in [3.63, 3.8) is 0 Å². The molecule has 2 unspecified atom stereocenters. The highest BCUT2D eigenvalue weighted by Crippen LogP contribution is 2.25. The lowest BCUT2D eigenvalue weighted by molar-refractivity contribution is 0.171. The minimum atomic E-state index is 0.357. The summed E-state index contributed by atoms with van der Waals surface area (Å²) in [5.41, 5.74) is 1.30. The Morgan fingerprint density at radius 1 is 1.22 bits per heavy atom. The van der Waals surface area contributed by atoms with Gasteiger partial charge in [0.25, 0.3) is 0 Å². The normalized spacial score (nSPS) is 14.2. The van der Waals surface area contributed by atoms with E-state index in [4.69, 9.17) is 9.47 Å². The molecule has 0 bridgehead atoms. The summed E-state index contributed by atoms with van der Waals surface area (Å²) in [4.78, 5) is 0. The molecule has 1 aromatic carbocycles. The molecule has 2 atom stereocenters. The average molecular weight is 251 g/mol. The molecule has 18 heavy (non-hydrogen) atoms. The van der Waals surface area contributed by atoms with Crippen LogP contribution >= 0.6 is 0 Å². The molecule has 3 heteroatoms. The van der Waals surface area contributed by atoms with Gasteiger partial charge in [-0.15, -0.1) is 0 Å². The molecule has 1 rings (SSSR count). The van der Waals surface area contributed by atoms with Gasteiger partial charge in [-0.05, 0) is 44.0 Å². The van der Waals surface area contributed by atoms with Crippen LogP contribution in [0.2, 0.25) is 0 Å². The molecule has 0 saturated heterocycles. The van der Waals surface area contributed by atoms with E-state index in [1.807, 2.05) is 26.1 Å². The Bertz CT molecular complexity index is 324. The van der Waals surface area contributed by atoms with Crippen molar-refractivity contribution in [2.24, 2.45) is 5.92 Å². The van der Waals surface area contributed by atoms with Crippen LogP contribution in [-0.4, -0.2) is 27.4 Å². The summed E-state index contributed by atoms with van der Waals surface area (Å²) in [5.74, 6) is 1.47. The van der Waals surface area contributed by atoms with Gasteiger partial charge in [-0.1, -0.05) is 19.1 Å². The van der Waals surface area contributed by atoms with Crippen molar-refractivity contribution in [1.29, 1.82) is 0 Å². The van der Waals surface area contributed by atoms with E-state index in [2.05, 4.69) is 24.4 Å². The van der Waals surface area contributed by atoms with Crippen molar-refractivity contribution >= 4 is 0 Å². The van der Waals surface area contributed by atoms with Crippen molar-refractivity contribution in [2.75, 3.05) is 27.4 Å². The summed E-state index contributed by atoms with van der Waals surface area (Å²) < 4.78 is 10.6. The maximum atomic E-state index is 5.46. The first-order valence-electron chi connectivity index (χ1n) is 6.61. The van der Waals surface area contributed by atoms with Crippen molar-refractivity contribution in [3.05, 3.63) is 29.8 Å². The number of ether oxygens (including phenoxy) is 2. The molecule has 0 heterocycles. The largest absolute Gasteiger partial charge is 0.494 e. The molecule has 0 saturated carbocycles. The van der Waals surface area contributed by atoms with Gasteiger partial charge >= 0.3 is 0 Å². The summed E-state index contributed by atoms with van der Waals surface area (Å²) in [6, 6.07) is 8.69. The average Bonchev–Trinajstić information content (AvgIpc) is 2.39. The maximum absolute atomic E-state index is 5.46. The topological polar surface area (TPSA) is 30.5 Å². The highest BCUT2D eigenvalue weighted by Gasteiger charge is 2.17. The van der Waals surface area contributed by atoms with Gasteiger partial charge < -0.3 is 14.8 Å².